The van der Waals surface area contributed by atoms with Crippen molar-refractivity contribution in [2.45, 2.75) is 81.7 Å². The van der Waals surface area contributed by atoms with Gasteiger partial charge in [0.15, 0.2) is 0 Å². The largest absolute Gasteiger partial charge is 0.481 e. The van der Waals surface area contributed by atoms with Crippen molar-refractivity contribution in [1.29, 1.82) is 0 Å². The first kappa shape index (κ1) is 20.1. The molecule has 2 saturated heterocycles. The lowest BCUT2D eigenvalue weighted by Gasteiger charge is -2.45. The molecule has 0 amide bonds. The Morgan fingerprint density at radius 3 is 2.81 bits per heavy atom. The molecule has 0 radical (unpaired) electrons. The highest BCUT2D eigenvalue weighted by atomic mass is 32.2. The molecule has 0 aromatic carbocycles. The van der Waals surface area contributed by atoms with Crippen molar-refractivity contribution >= 4 is 17.7 Å². The van der Waals surface area contributed by atoms with Crippen molar-refractivity contribution in [2.24, 2.45) is 11.8 Å². The van der Waals surface area contributed by atoms with Gasteiger partial charge in [0.05, 0.1) is 24.4 Å². The summed E-state index contributed by atoms with van der Waals surface area (Å²) in [7, 11) is 0. The van der Waals surface area contributed by atoms with E-state index in [-0.39, 0.29) is 24.4 Å². The summed E-state index contributed by atoms with van der Waals surface area (Å²) in [4.78, 5) is 11.2. The van der Waals surface area contributed by atoms with Crippen LogP contribution in [0.15, 0.2) is 12.2 Å². The van der Waals surface area contributed by atoms with Gasteiger partial charge in [0.2, 0.25) is 0 Å². The molecular formula is C19H33N3O3S. The van der Waals surface area contributed by atoms with E-state index >= 15 is 0 Å². The van der Waals surface area contributed by atoms with Gasteiger partial charge in [-0.25, -0.2) is 0 Å². The minimum atomic E-state index is -0.723. The van der Waals surface area contributed by atoms with Crippen LogP contribution in [0.1, 0.15) is 46.0 Å². The van der Waals surface area contributed by atoms with Crippen molar-refractivity contribution in [3.8, 4) is 0 Å². The van der Waals surface area contributed by atoms with Gasteiger partial charge in [-0.1, -0.05) is 19.1 Å². The van der Waals surface area contributed by atoms with Crippen molar-refractivity contribution in [3.63, 3.8) is 0 Å². The average molecular weight is 384 g/mol. The third-order valence-corrected chi connectivity index (χ3v) is 7.54. The van der Waals surface area contributed by atoms with Crippen molar-refractivity contribution in [3.05, 3.63) is 12.2 Å². The summed E-state index contributed by atoms with van der Waals surface area (Å²) in [6.07, 6.45) is 8.43. The Balaban J connectivity index is 1.62. The Kier molecular flexibility index (Phi) is 7.02. The molecule has 5 N–H and O–H groups in total. The first-order chi connectivity index (χ1) is 12.5. The summed E-state index contributed by atoms with van der Waals surface area (Å²) in [6.45, 7) is 4.47. The van der Waals surface area contributed by atoms with E-state index in [2.05, 4.69) is 29.8 Å². The lowest BCUT2D eigenvalue weighted by atomic mass is 9.90. The number of nitrogens with one attached hydrogen (secondary N) is 3. The molecule has 2 heterocycles. The van der Waals surface area contributed by atoms with Gasteiger partial charge in [-0.15, -0.1) is 0 Å². The zero-order chi connectivity index (χ0) is 18.7. The molecule has 0 bridgehead atoms. The molecule has 2 aliphatic heterocycles. The molecule has 7 heteroatoms. The van der Waals surface area contributed by atoms with Crippen LogP contribution in [-0.4, -0.2) is 57.7 Å². The van der Waals surface area contributed by atoms with Crippen molar-refractivity contribution < 1.29 is 15.0 Å². The second kappa shape index (κ2) is 9.06. The van der Waals surface area contributed by atoms with Gasteiger partial charge in [-0.3, -0.25) is 20.7 Å². The number of thioether (sulfide) groups is 1. The first-order valence-corrected chi connectivity index (χ1v) is 11.0. The minimum Gasteiger partial charge on any atom is -0.481 e. The molecule has 8 atom stereocenters. The normalized spacial score (nSPS) is 44.0. The molecule has 7 unspecified atom stereocenters. The van der Waals surface area contributed by atoms with E-state index in [9.17, 15) is 15.0 Å². The zero-order valence-electron chi connectivity index (χ0n) is 15.7. The molecule has 0 aromatic heterocycles. The fraction of sp³-hybridized carbons (Fsp3) is 0.842. The van der Waals surface area contributed by atoms with Gasteiger partial charge in [0.25, 0.3) is 0 Å². The summed E-state index contributed by atoms with van der Waals surface area (Å²) in [6, 6.07) is 0.699. The van der Waals surface area contributed by atoms with Gasteiger partial charge >= 0.3 is 5.97 Å². The Bertz CT molecular complexity index is 518. The van der Waals surface area contributed by atoms with Crippen LogP contribution in [0, 0.1) is 11.8 Å². The number of aliphatic hydroxyl groups excluding tert-OH is 1. The Morgan fingerprint density at radius 2 is 2.15 bits per heavy atom. The molecular weight excluding hydrogens is 350 g/mol. The smallest absolute Gasteiger partial charge is 0.310 e. The van der Waals surface area contributed by atoms with E-state index in [1.165, 1.54) is 0 Å². The number of carboxylic acid groups (broad SMARTS) is 1. The first-order valence-electron chi connectivity index (χ1n) is 9.95. The van der Waals surface area contributed by atoms with Crippen LogP contribution in [0.2, 0.25) is 0 Å². The number of hydrogen-bond donors (Lipinski definition) is 5. The number of aliphatic carboxylic acids is 1. The summed E-state index contributed by atoms with van der Waals surface area (Å²) >= 11 is 1.84. The Hall–Kier alpha value is -0.600. The van der Waals surface area contributed by atoms with Gasteiger partial charge in [-0.05, 0) is 39.0 Å². The van der Waals surface area contributed by atoms with Crippen LogP contribution in [0.25, 0.3) is 0 Å². The summed E-state index contributed by atoms with van der Waals surface area (Å²) in [5.74, 6) is 0.217. The second-order valence-corrected chi connectivity index (χ2v) is 9.23. The lowest BCUT2D eigenvalue weighted by molar-refractivity contribution is -0.140. The molecule has 26 heavy (non-hydrogen) atoms. The Labute approximate surface area is 160 Å². The molecule has 148 valence electrons. The number of carboxylic acids is 1. The monoisotopic (exact) mass is 383 g/mol. The van der Waals surface area contributed by atoms with Crippen molar-refractivity contribution in [2.75, 3.05) is 5.75 Å². The van der Waals surface area contributed by atoms with E-state index in [0.29, 0.717) is 29.7 Å². The number of carbonyl (C=O) groups is 1. The highest BCUT2D eigenvalue weighted by Gasteiger charge is 2.40. The maximum atomic E-state index is 11.2. The van der Waals surface area contributed by atoms with Crippen LogP contribution in [-0.2, 0) is 4.79 Å². The van der Waals surface area contributed by atoms with E-state index in [0.717, 1.165) is 31.4 Å². The van der Waals surface area contributed by atoms with E-state index in [4.69, 9.17) is 0 Å². The summed E-state index contributed by atoms with van der Waals surface area (Å²) in [5, 5.41) is 30.8. The third-order valence-electron chi connectivity index (χ3n) is 6.07. The van der Waals surface area contributed by atoms with Crippen LogP contribution in [0.5, 0.6) is 0 Å². The van der Waals surface area contributed by atoms with E-state index in [1.807, 2.05) is 23.9 Å². The minimum absolute atomic E-state index is 0.195. The summed E-state index contributed by atoms with van der Waals surface area (Å²) < 4.78 is 0. The highest BCUT2D eigenvalue weighted by Crippen LogP contribution is 2.31. The SMILES string of the molecule is CCC1C(C)NC(C2C[C@H](O)CS2)NC1NC1CC=CC(C(=O)O)CC1. The molecule has 0 saturated carbocycles. The molecule has 6 nitrogen and oxygen atoms in total. The highest BCUT2D eigenvalue weighted by molar-refractivity contribution is 8.00. The van der Waals surface area contributed by atoms with Crippen LogP contribution < -0.4 is 16.0 Å². The molecule has 0 spiro atoms. The van der Waals surface area contributed by atoms with Gasteiger partial charge in [0.1, 0.15) is 0 Å². The molecule has 0 aromatic rings. The van der Waals surface area contributed by atoms with E-state index < -0.39 is 5.97 Å². The fourth-order valence-electron chi connectivity index (χ4n) is 4.52. The maximum Gasteiger partial charge on any atom is 0.310 e. The zero-order valence-corrected chi connectivity index (χ0v) is 16.5. The number of hydrogen-bond acceptors (Lipinski definition) is 6. The van der Waals surface area contributed by atoms with Crippen molar-refractivity contribution in [1.82, 2.24) is 16.0 Å². The summed E-state index contributed by atoms with van der Waals surface area (Å²) in [5.41, 5.74) is 0. The van der Waals surface area contributed by atoms with Crippen LogP contribution in [0.3, 0.4) is 0 Å². The number of rotatable bonds is 5. The van der Waals surface area contributed by atoms with Crippen LogP contribution in [0.4, 0.5) is 0 Å². The molecule has 3 aliphatic rings. The van der Waals surface area contributed by atoms with Gasteiger partial charge in [-0.2, -0.15) is 11.8 Å². The average Bonchev–Trinajstić information content (AvgIpc) is 2.89. The predicted molar refractivity (Wildman–Crippen MR) is 105 cm³/mol. The number of aliphatic hydroxyl groups is 1. The van der Waals surface area contributed by atoms with Crippen LogP contribution >= 0.6 is 11.8 Å². The molecule has 3 rings (SSSR count). The second-order valence-electron chi connectivity index (χ2n) is 7.96. The standard InChI is InChI=1S/C19H33N3O3S/c1-3-15-11(2)20-18(16-9-14(23)10-26-16)22-17(15)21-13-6-4-5-12(7-8-13)19(24)25/h4-5,11-18,20-23H,3,6-10H2,1-2H3,(H,24,25)/t11?,12?,13?,14-,15?,16?,17?,18?/m0/s1. The lowest BCUT2D eigenvalue weighted by Crippen LogP contribution is -2.69. The van der Waals surface area contributed by atoms with Gasteiger partial charge in [0, 0.05) is 29.0 Å². The van der Waals surface area contributed by atoms with E-state index in [1.54, 1.807) is 0 Å². The topological polar surface area (TPSA) is 93.6 Å². The molecule has 2 fully saturated rings. The maximum absolute atomic E-state index is 11.2. The Morgan fingerprint density at radius 1 is 1.35 bits per heavy atom. The quantitative estimate of drug-likeness (QED) is 0.460. The van der Waals surface area contributed by atoms with Gasteiger partial charge < -0.3 is 10.2 Å². The fourth-order valence-corrected chi connectivity index (χ4v) is 5.83. The molecule has 1 aliphatic carbocycles. The predicted octanol–water partition coefficient (Wildman–Crippen LogP) is 1.51. The third kappa shape index (κ3) is 4.81.